The molecular weight excluding hydrogens is 300 g/mol. The van der Waals surface area contributed by atoms with Crippen molar-refractivity contribution in [3.8, 4) is 0 Å². The molecule has 1 fully saturated rings. The van der Waals surface area contributed by atoms with Crippen LogP contribution in [0.15, 0.2) is 42.7 Å². The van der Waals surface area contributed by atoms with Gasteiger partial charge >= 0.3 is 0 Å². The van der Waals surface area contributed by atoms with Gasteiger partial charge in [-0.25, -0.2) is 0 Å². The van der Waals surface area contributed by atoms with Crippen molar-refractivity contribution in [2.75, 3.05) is 26.7 Å². The highest BCUT2D eigenvalue weighted by molar-refractivity contribution is 5.94. The van der Waals surface area contributed by atoms with Crippen LogP contribution in [0.5, 0.6) is 0 Å². The van der Waals surface area contributed by atoms with Gasteiger partial charge in [-0.2, -0.15) is 5.10 Å². The molecule has 0 radical (unpaired) electrons. The van der Waals surface area contributed by atoms with Crippen molar-refractivity contribution in [3.05, 3.63) is 53.9 Å². The lowest BCUT2D eigenvalue weighted by Gasteiger charge is -2.36. The van der Waals surface area contributed by atoms with Crippen molar-refractivity contribution in [1.29, 1.82) is 0 Å². The number of benzene rings is 1. The number of amides is 1. The predicted octanol–water partition coefficient (Wildman–Crippen LogP) is 2.49. The summed E-state index contributed by atoms with van der Waals surface area (Å²) in [5.74, 6) is 0.121. The topological polar surface area (TPSA) is 41.4 Å². The van der Waals surface area contributed by atoms with Gasteiger partial charge in [-0.05, 0) is 43.1 Å². The molecule has 2 heterocycles. The summed E-state index contributed by atoms with van der Waals surface area (Å²) in [5, 5.41) is 4.21. The van der Waals surface area contributed by atoms with E-state index in [1.807, 2.05) is 53.2 Å². The second-order valence-corrected chi connectivity index (χ2v) is 6.48. The van der Waals surface area contributed by atoms with E-state index in [1.165, 1.54) is 0 Å². The van der Waals surface area contributed by atoms with E-state index in [-0.39, 0.29) is 5.91 Å². The number of hydrogen-bond acceptors (Lipinski definition) is 3. The Morgan fingerprint density at radius 2 is 1.96 bits per heavy atom. The monoisotopic (exact) mass is 326 g/mol. The number of rotatable bonds is 5. The van der Waals surface area contributed by atoms with Crippen LogP contribution in [-0.4, -0.2) is 58.2 Å². The Morgan fingerprint density at radius 3 is 2.54 bits per heavy atom. The van der Waals surface area contributed by atoms with Gasteiger partial charge in [0.15, 0.2) is 0 Å². The maximum Gasteiger partial charge on any atom is 0.253 e. The zero-order valence-corrected chi connectivity index (χ0v) is 14.6. The average Bonchev–Trinajstić information content (AvgIpc) is 3.14. The summed E-state index contributed by atoms with van der Waals surface area (Å²) >= 11 is 0. The molecule has 0 atom stereocenters. The van der Waals surface area contributed by atoms with Crippen LogP contribution in [0.4, 0.5) is 0 Å². The second kappa shape index (κ2) is 7.62. The highest BCUT2D eigenvalue weighted by Gasteiger charge is 2.25. The zero-order chi connectivity index (χ0) is 16.9. The Hall–Kier alpha value is -2.14. The van der Waals surface area contributed by atoms with Crippen LogP contribution >= 0.6 is 0 Å². The Labute approximate surface area is 143 Å². The summed E-state index contributed by atoms with van der Waals surface area (Å²) < 4.78 is 1.88. The molecule has 1 aliphatic heterocycles. The molecule has 0 unspecified atom stereocenters. The number of carbonyl (C=O) groups excluding carboxylic acids is 1. The molecule has 0 saturated carbocycles. The zero-order valence-electron chi connectivity index (χ0n) is 14.6. The molecule has 1 saturated heterocycles. The van der Waals surface area contributed by atoms with Gasteiger partial charge in [0.05, 0.1) is 6.54 Å². The molecule has 0 spiro atoms. The maximum atomic E-state index is 12.7. The second-order valence-electron chi connectivity index (χ2n) is 6.48. The van der Waals surface area contributed by atoms with E-state index in [1.54, 1.807) is 6.20 Å². The molecule has 0 N–H and O–H groups in total. The highest BCUT2D eigenvalue weighted by atomic mass is 16.2. The minimum absolute atomic E-state index is 0.121. The molecule has 3 rings (SSSR count). The minimum Gasteiger partial charge on any atom is -0.339 e. The summed E-state index contributed by atoms with van der Waals surface area (Å²) in [4.78, 5) is 17.1. The number of piperidine rings is 1. The van der Waals surface area contributed by atoms with E-state index < -0.39 is 0 Å². The fourth-order valence-electron chi connectivity index (χ4n) is 3.33. The first-order valence-electron chi connectivity index (χ1n) is 8.73. The van der Waals surface area contributed by atoms with Crippen LogP contribution in [0.3, 0.4) is 0 Å². The molecule has 2 aromatic rings. The van der Waals surface area contributed by atoms with Crippen molar-refractivity contribution >= 4 is 5.91 Å². The molecular formula is C19H26N4O. The lowest BCUT2D eigenvalue weighted by Crippen LogP contribution is -2.45. The quantitative estimate of drug-likeness (QED) is 0.848. The first-order chi connectivity index (χ1) is 11.7. The van der Waals surface area contributed by atoms with Gasteiger partial charge in [0.2, 0.25) is 0 Å². The summed E-state index contributed by atoms with van der Waals surface area (Å²) in [5.41, 5.74) is 1.91. The Balaban J connectivity index is 1.60. The molecule has 128 valence electrons. The molecule has 1 amide bonds. The predicted molar refractivity (Wildman–Crippen MR) is 95.0 cm³/mol. The van der Waals surface area contributed by atoms with Crippen LogP contribution in [0.25, 0.3) is 0 Å². The van der Waals surface area contributed by atoms with Crippen LogP contribution < -0.4 is 0 Å². The molecule has 5 nitrogen and oxygen atoms in total. The number of nitrogens with zero attached hydrogens (tertiary/aromatic N) is 4. The van der Waals surface area contributed by atoms with Gasteiger partial charge in [-0.1, -0.05) is 19.1 Å². The molecule has 5 heteroatoms. The highest BCUT2D eigenvalue weighted by Crippen LogP contribution is 2.18. The van der Waals surface area contributed by atoms with E-state index >= 15 is 0 Å². The fourth-order valence-corrected chi connectivity index (χ4v) is 3.33. The molecule has 0 aliphatic carbocycles. The van der Waals surface area contributed by atoms with Crippen LogP contribution in [0, 0.1) is 0 Å². The first kappa shape index (κ1) is 16.7. The third-order valence-corrected chi connectivity index (χ3v) is 4.98. The van der Waals surface area contributed by atoms with Gasteiger partial charge in [-0.15, -0.1) is 0 Å². The normalized spacial score (nSPS) is 16.2. The largest absolute Gasteiger partial charge is 0.339 e. The van der Waals surface area contributed by atoms with Gasteiger partial charge < -0.3 is 9.80 Å². The molecule has 1 aromatic carbocycles. The summed E-state index contributed by atoms with van der Waals surface area (Å²) in [6.07, 6.45) is 5.84. The number of hydrogen-bond donors (Lipinski definition) is 0. The van der Waals surface area contributed by atoms with Gasteiger partial charge in [0.1, 0.15) is 0 Å². The SMILES string of the molecule is CCN1CCC(N(C)C(=O)c2ccc(Cn3cccn3)cc2)CC1. The van der Waals surface area contributed by atoms with E-state index in [0.717, 1.165) is 50.1 Å². The van der Waals surface area contributed by atoms with Crippen LogP contribution in [0.2, 0.25) is 0 Å². The van der Waals surface area contributed by atoms with Crippen molar-refractivity contribution < 1.29 is 4.79 Å². The Kier molecular flexibility index (Phi) is 5.30. The summed E-state index contributed by atoms with van der Waals surface area (Å²) in [6.45, 7) is 6.19. The van der Waals surface area contributed by atoms with Gasteiger partial charge in [-0.3, -0.25) is 9.48 Å². The molecule has 1 aliphatic rings. The Bertz CT molecular complexity index is 643. The smallest absolute Gasteiger partial charge is 0.253 e. The molecule has 0 bridgehead atoms. The summed E-state index contributed by atoms with van der Waals surface area (Å²) in [7, 11) is 1.94. The summed E-state index contributed by atoms with van der Waals surface area (Å²) in [6, 6.07) is 10.2. The van der Waals surface area contributed by atoms with Crippen molar-refractivity contribution in [1.82, 2.24) is 19.6 Å². The number of aromatic nitrogens is 2. The number of carbonyl (C=O) groups is 1. The number of likely N-dealkylation sites (tertiary alicyclic amines) is 1. The third-order valence-electron chi connectivity index (χ3n) is 4.98. The lowest BCUT2D eigenvalue weighted by molar-refractivity contribution is 0.0647. The minimum atomic E-state index is 0.121. The average molecular weight is 326 g/mol. The standard InChI is InChI=1S/C19H26N4O/c1-3-22-13-9-18(10-14-22)21(2)19(24)17-7-5-16(6-8-17)15-23-12-4-11-20-23/h4-8,11-12,18H,3,9-10,13-15H2,1-2H3. The van der Waals surface area contributed by atoms with E-state index in [0.29, 0.717) is 6.04 Å². The van der Waals surface area contributed by atoms with Gasteiger partial charge in [0.25, 0.3) is 5.91 Å². The van der Waals surface area contributed by atoms with Crippen LogP contribution in [0.1, 0.15) is 35.7 Å². The van der Waals surface area contributed by atoms with Gasteiger partial charge in [0, 0.05) is 44.1 Å². The Morgan fingerprint density at radius 1 is 1.25 bits per heavy atom. The fraction of sp³-hybridized carbons (Fsp3) is 0.474. The van der Waals surface area contributed by atoms with Crippen LogP contribution in [-0.2, 0) is 6.54 Å². The van der Waals surface area contributed by atoms with Crippen molar-refractivity contribution in [2.24, 2.45) is 0 Å². The maximum absolute atomic E-state index is 12.7. The van der Waals surface area contributed by atoms with E-state index in [9.17, 15) is 4.79 Å². The lowest BCUT2D eigenvalue weighted by atomic mass is 10.0. The molecule has 24 heavy (non-hydrogen) atoms. The van der Waals surface area contributed by atoms with E-state index in [2.05, 4.69) is 16.9 Å². The molecule has 1 aromatic heterocycles. The van der Waals surface area contributed by atoms with Crippen molar-refractivity contribution in [3.63, 3.8) is 0 Å². The van der Waals surface area contributed by atoms with Crippen molar-refractivity contribution in [2.45, 2.75) is 32.4 Å². The first-order valence-corrected chi connectivity index (χ1v) is 8.73. The third kappa shape index (κ3) is 3.85. The van der Waals surface area contributed by atoms with E-state index in [4.69, 9.17) is 0 Å².